The molecule has 6 rings (SSSR count). The van der Waals surface area contributed by atoms with Gasteiger partial charge in [0.15, 0.2) is 0 Å². The molecule has 0 bridgehead atoms. The highest BCUT2D eigenvalue weighted by Crippen LogP contribution is 2.42. The second kappa shape index (κ2) is 5.99. The maximum absolute atomic E-state index is 6.21. The molecular weight excluding hydrogens is 366 g/mol. The third-order valence-electron chi connectivity index (χ3n) is 6.15. The van der Waals surface area contributed by atoms with Gasteiger partial charge in [0.2, 0.25) is 0 Å². The van der Waals surface area contributed by atoms with Gasteiger partial charge in [0.1, 0.15) is 11.2 Å². The molecule has 146 valence electrons. The van der Waals surface area contributed by atoms with Gasteiger partial charge in [-0.2, -0.15) is 0 Å². The zero-order valence-electron chi connectivity index (χ0n) is 17.4. The van der Waals surface area contributed by atoms with E-state index in [9.17, 15) is 0 Å². The van der Waals surface area contributed by atoms with Gasteiger partial charge in [0, 0.05) is 27.2 Å². The van der Waals surface area contributed by atoms with E-state index in [4.69, 9.17) is 4.42 Å². The highest BCUT2D eigenvalue weighted by molar-refractivity contribution is 6.27. The van der Waals surface area contributed by atoms with Crippen molar-refractivity contribution in [3.05, 3.63) is 90.5 Å². The standard InChI is InChI=1S/C28H23NO/c1-28(2,3)18-13-14-22-21(17-18)26-23(29(22)19-9-5-4-6-10-19)15-16-25-27(26)20-11-7-8-12-24(20)30-25/h4-17H,1-3H3. The van der Waals surface area contributed by atoms with Gasteiger partial charge in [-0.1, -0.05) is 63.2 Å². The maximum atomic E-state index is 6.21. The highest BCUT2D eigenvalue weighted by atomic mass is 16.3. The Balaban J connectivity index is 1.88. The van der Waals surface area contributed by atoms with Crippen molar-refractivity contribution < 1.29 is 4.42 Å². The summed E-state index contributed by atoms with van der Waals surface area (Å²) in [5.74, 6) is 0. The Morgan fingerprint density at radius 1 is 0.633 bits per heavy atom. The smallest absolute Gasteiger partial charge is 0.136 e. The van der Waals surface area contributed by atoms with Crippen molar-refractivity contribution in [2.24, 2.45) is 0 Å². The fourth-order valence-corrected chi connectivity index (χ4v) is 4.65. The van der Waals surface area contributed by atoms with Crippen LogP contribution in [0.5, 0.6) is 0 Å². The van der Waals surface area contributed by atoms with Crippen molar-refractivity contribution in [3.63, 3.8) is 0 Å². The number of nitrogens with zero attached hydrogens (tertiary/aromatic N) is 1. The Hall–Kier alpha value is -3.52. The Morgan fingerprint density at radius 3 is 2.17 bits per heavy atom. The largest absolute Gasteiger partial charge is 0.456 e. The van der Waals surface area contributed by atoms with Crippen LogP contribution in [0.1, 0.15) is 26.3 Å². The summed E-state index contributed by atoms with van der Waals surface area (Å²) in [5, 5.41) is 4.92. The van der Waals surface area contributed by atoms with Gasteiger partial charge >= 0.3 is 0 Å². The van der Waals surface area contributed by atoms with Crippen molar-refractivity contribution in [2.45, 2.75) is 26.2 Å². The predicted octanol–water partition coefficient (Wildman–Crippen LogP) is 7.98. The first-order valence-corrected chi connectivity index (χ1v) is 10.5. The van der Waals surface area contributed by atoms with Crippen LogP contribution in [0.2, 0.25) is 0 Å². The lowest BCUT2D eigenvalue weighted by Gasteiger charge is -2.19. The van der Waals surface area contributed by atoms with Crippen LogP contribution in [-0.4, -0.2) is 4.57 Å². The van der Waals surface area contributed by atoms with Crippen molar-refractivity contribution in [2.75, 3.05) is 0 Å². The van der Waals surface area contributed by atoms with Crippen molar-refractivity contribution in [3.8, 4) is 5.69 Å². The summed E-state index contributed by atoms with van der Waals surface area (Å²) < 4.78 is 8.59. The third-order valence-corrected chi connectivity index (χ3v) is 6.15. The molecule has 2 aromatic heterocycles. The molecular formula is C28H23NO. The molecule has 30 heavy (non-hydrogen) atoms. The van der Waals surface area contributed by atoms with Crippen molar-refractivity contribution in [1.29, 1.82) is 0 Å². The number of fused-ring (bicyclic) bond motifs is 7. The molecule has 2 heterocycles. The number of furan rings is 1. The normalized spacial score (nSPS) is 12.5. The Morgan fingerprint density at radius 2 is 1.37 bits per heavy atom. The molecule has 0 spiro atoms. The van der Waals surface area contributed by atoms with Gasteiger partial charge in [-0.05, 0) is 53.4 Å². The van der Waals surface area contributed by atoms with E-state index in [-0.39, 0.29) is 5.41 Å². The summed E-state index contributed by atoms with van der Waals surface area (Å²) in [4.78, 5) is 0. The lowest BCUT2D eigenvalue weighted by Crippen LogP contribution is -2.10. The number of aromatic nitrogens is 1. The zero-order valence-corrected chi connectivity index (χ0v) is 17.4. The molecule has 4 aromatic carbocycles. The van der Waals surface area contributed by atoms with Gasteiger partial charge in [-0.3, -0.25) is 0 Å². The molecule has 0 saturated carbocycles. The minimum absolute atomic E-state index is 0.0850. The average molecular weight is 389 g/mol. The summed E-state index contributed by atoms with van der Waals surface area (Å²) >= 11 is 0. The molecule has 0 fully saturated rings. The molecule has 0 N–H and O–H groups in total. The Bertz CT molecular complexity index is 1560. The predicted molar refractivity (Wildman–Crippen MR) is 127 cm³/mol. The topological polar surface area (TPSA) is 18.1 Å². The second-order valence-corrected chi connectivity index (χ2v) is 9.08. The Labute approximate surface area is 175 Å². The summed E-state index contributed by atoms with van der Waals surface area (Å²) in [6.45, 7) is 6.81. The van der Waals surface area contributed by atoms with Crippen LogP contribution in [0.25, 0.3) is 49.4 Å². The average Bonchev–Trinajstić information content (AvgIpc) is 3.28. The number of hydrogen-bond acceptors (Lipinski definition) is 1. The van der Waals surface area contributed by atoms with Crippen LogP contribution in [0.3, 0.4) is 0 Å². The number of hydrogen-bond donors (Lipinski definition) is 0. The van der Waals surface area contributed by atoms with Crippen LogP contribution >= 0.6 is 0 Å². The van der Waals surface area contributed by atoms with E-state index >= 15 is 0 Å². The minimum Gasteiger partial charge on any atom is -0.456 e. The molecule has 0 saturated heterocycles. The van der Waals surface area contributed by atoms with E-state index in [0.717, 1.165) is 11.2 Å². The molecule has 0 aliphatic rings. The number of para-hydroxylation sites is 2. The van der Waals surface area contributed by atoms with Crippen molar-refractivity contribution >= 4 is 43.7 Å². The molecule has 6 aromatic rings. The molecule has 0 radical (unpaired) electrons. The first-order valence-electron chi connectivity index (χ1n) is 10.5. The minimum atomic E-state index is 0.0850. The molecule has 0 atom stereocenters. The lowest BCUT2D eigenvalue weighted by atomic mass is 9.86. The van der Waals surface area contributed by atoms with Crippen molar-refractivity contribution in [1.82, 2.24) is 4.57 Å². The van der Waals surface area contributed by atoms with Gasteiger partial charge in [-0.15, -0.1) is 0 Å². The van der Waals surface area contributed by atoms with Gasteiger partial charge in [0.25, 0.3) is 0 Å². The first kappa shape index (κ1) is 17.3. The highest BCUT2D eigenvalue weighted by Gasteiger charge is 2.21. The van der Waals surface area contributed by atoms with E-state index in [0.29, 0.717) is 0 Å². The monoisotopic (exact) mass is 389 g/mol. The van der Waals surface area contributed by atoms with Gasteiger partial charge < -0.3 is 8.98 Å². The molecule has 0 aliphatic carbocycles. The lowest BCUT2D eigenvalue weighted by molar-refractivity contribution is 0.591. The maximum Gasteiger partial charge on any atom is 0.136 e. The van der Waals surface area contributed by atoms with Gasteiger partial charge in [0.05, 0.1) is 11.0 Å². The molecule has 2 heteroatoms. The number of benzene rings is 4. The van der Waals surface area contributed by atoms with Crippen LogP contribution in [0.15, 0.2) is 89.3 Å². The molecule has 0 aliphatic heterocycles. The van der Waals surface area contributed by atoms with Crippen LogP contribution in [0.4, 0.5) is 0 Å². The van der Waals surface area contributed by atoms with E-state index in [1.165, 1.54) is 43.8 Å². The molecule has 2 nitrogen and oxygen atoms in total. The summed E-state index contributed by atoms with van der Waals surface area (Å²) in [5.41, 5.74) is 6.91. The zero-order chi connectivity index (χ0) is 20.5. The number of rotatable bonds is 1. The molecule has 0 unspecified atom stereocenters. The van der Waals surface area contributed by atoms with E-state index < -0.39 is 0 Å². The second-order valence-electron chi connectivity index (χ2n) is 9.08. The SMILES string of the molecule is CC(C)(C)c1ccc2c(c1)c1c3c(ccc1n2-c1ccccc1)oc1ccccc13. The first-order chi connectivity index (χ1) is 14.5. The Kier molecular flexibility index (Phi) is 3.47. The fourth-order valence-electron chi connectivity index (χ4n) is 4.65. The summed E-state index contributed by atoms with van der Waals surface area (Å²) in [7, 11) is 0. The quantitative estimate of drug-likeness (QED) is 0.279. The van der Waals surface area contributed by atoms with Crippen LogP contribution < -0.4 is 0 Å². The van der Waals surface area contributed by atoms with Crippen LogP contribution in [0, 0.1) is 0 Å². The molecule has 0 amide bonds. The fraction of sp³-hybridized carbons (Fsp3) is 0.143. The van der Waals surface area contributed by atoms with E-state index in [1.807, 2.05) is 6.07 Å². The van der Waals surface area contributed by atoms with Gasteiger partial charge in [-0.25, -0.2) is 0 Å². The van der Waals surface area contributed by atoms with E-state index in [2.05, 4.69) is 104 Å². The third kappa shape index (κ3) is 2.37. The van der Waals surface area contributed by atoms with Crippen LogP contribution in [-0.2, 0) is 5.41 Å². The van der Waals surface area contributed by atoms with E-state index in [1.54, 1.807) is 0 Å². The summed E-state index contributed by atoms with van der Waals surface area (Å²) in [6.07, 6.45) is 0. The summed E-state index contributed by atoms with van der Waals surface area (Å²) in [6, 6.07) is 30.2.